The van der Waals surface area contributed by atoms with Gasteiger partial charge in [-0.1, -0.05) is 0 Å². The minimum atomic E-state index is -4.94. The van der Waals surface area contributed by atoms with Crippen molar-refractivity contribution in [1.29, 1.82) is 0 Å². The average Bonchev–Trinajstić information content (AvgIpc) is 2.09. The fourth-order valence-corrected chi connectivity index (χ4v) is 0.498. The summed E-state index contributed by atoms with van der Waals surface area (Å²) in [6, 6.07) is 1.92. The molecule has 70 valence electrons. The van der Waals surface area contributed by atoms with Crippen molar-refractivity contribution in [2.75, 3.05) is 0 Å². The van der Waals surface area contributed by atoms with Gasteiger partial charge in [-0.05, 0) is 4.74 Å². The minimum Gasteiger partial charge on any atom is -0.242 e. The van der Waals surface area contributed by atoms with E-state index in [-0.39, 0.29) is 0 Å². The van der Waals surface area contributed by atoms with Crippen LogP contribution in [-0.2, 0) is 7.05 Å². The third-order valence-electron chi connectivity index (χ3n) is 0.807. The van der Waals surface area contributed by atoms with E-state index in [1.165, 1.54) is 0 Å². The van der Waals surface area contributed by atoms with E-state index < -0.39 is 10.2 Å². The molecule has 0 saturated heterocycles. The summed E-state index contributed by atoms with van der Waals surface area (Å²) in [5.74, 6) is 0.947. The summed E-state index contributed by atoms with van der Waals surface area (Å²) in [7, 11) is -3.09. The highest BCUT2D eigenvalue weighted by molar-refractivity contribution is 4.83. The Morgan fingerprint density at radius 1 is 1.33 bits per heavy atom. The molecular weight excluding hydrogens is 190 g/mol. The minimum absolute atomic E-state index is 0.947. The van der Waals surface area contributed by atoms with E-state index in [2.05, 4.69) is 0 Å². The Morgan fingerprint density at radius 2 is 1.75 bits per heavy atom. The van der Waals surface area contributed by atoms with E-state index in [1.807, 2.05) is 26.2 Å². The molecule has 0 aliphatic heterocycles. The lowest BCUT2D eigenvalue weighted by atomic mass is 10.5. The van der Waals surface area contributed by atoms with Crippen molar-refractivity contribution in [2.24, 2.45) is 7.05 Å². The average molecular weight is 198 g/mol. The lowest BCUT2D eigenvalue weighted by Crippen LogP contribution is -2.68. The molecule has 0 N–H and O–H groups in total. The van der Waals surface area contributed by atoms with Crippen LogP contribution in [0, 0.1) is 17.2 Å². The van der Waals surface area contributed by atoms with Gasteiger partial charge in [-0.15, -0.1) is 10.2 Å². The maximum absolute atomic E-state index is 8.49. The predicted octanol–water partition coefficient (Wildman–Crippen LogP) is -4.34. The summed E-state index contributed by atoms with van der Waals surface area (Å²) in [6.45, 7) is 1.92. The van der Waals surface area contributed by atoms with Crippen molar-refractivity contribution < 1.29 is 38.1 Å². The Kier molecular flexibility index (Phi) is 4.15. The smallest absolute Gasteiger partial charge is 0.219 e. The molecule has 7 heteroatoms. The van der Waals surface area contributed by atoms with Crippen LogP contribution in [0.5, 0.6) is 0 Å². The topological polar surface area (TPSA) is 109 Å². The molecule has 0 saturated carbocycles. The number of aryl methyl sites for hydroxylation is 2. The van der Waals surface area contributed by atoms with Gasteiger partial charge in [-0.3, -0.25) is 0 Å². The van der Waals surface area contributed by atoms with Crippen LogP contribution in [0.4, 0.5) is 0 Å². The fourth-order valence-electron chi connectivity index (χ4n) is 0.498. The second-order valence-electron chi connectivity index (χ2n) is 1.94. The lowest BCUT2D eigenvalue weighted by Gasteiger charge is -2.17. The van der Waals surface area contributed by atoms with Gasteiger partial charge in [0.1, 0.15) is 0 Å². The normalized spacial score (nSPS) is 10.5. The molecule has 0 amide bonds. The molecule has 0 unspecified atom stereocenters. The number of nitrogens with zero attached hydrogens (tertiary/aromatic N) is 1. The standard InChI is InChI=1S/C5H8NO.ClHO4/c1-5-3-4-6(2)7-5;2-1(3,4)5/h3-4H,1-2H3;(H,2,3,4,5)/q+1;/p-1. The molecule has 0 radical (unpaired) electrons. The van der Waals surface area contributed by atoms with Gasteiger partial charge >= 0.3 is 0 Å². The van der Waals surface area contributed by atoms with Gasteiger partial charge in [0.15, 0.2) is 12.8 Å². The Balaban J connectivity index is 0.000000217. The summed E-state index contributed by atoms with van der Waals surface area (Å²) in [4.78, 5) is 0. The Hall–Kier alpha value is -0.660. The van der Waals surface area contributed by atoms with Gasteiger partial charge in [-0.25, -0.2) is 23.2 Å². The largest absolute Gasteiger partial charge is 0.242 e. The van der Waals surface area contributed by atoms with Gasteiger partial charge in [0.2, 0.25) is 6.20 Å². The first-order valence-corrected chi connectivity index (χ1v) is 4.07. The molecule has 1 aromatic rings. The van der Waals surface area contributed by atoms with Crippen LogP contribution in [0.3, 0.4) is 0 Å². The molecular formula is C5H8ClNO5. The quantitative estimate of drug-likeness (QED) is 0.391. The number of hydrogen-bond acceptors (Lipinski definition) is 5. The lowest BCUT2D eigenvalue weighted by molar-refractivity contribution is -2.00. The van der Waals surface area contributed by atoms with Crippen molar-refractivity contribution in [1.82, 2.24) is 0 Å². The van der Waals surface area contributed by atoms with E-state index in [9.17, 15) is 0 Å². The van der Waals surface area contributed by atoms with E-state index >= 15 is 0 Å². The van der Waals surface area contributed by atoms with Crippen LogP contribution < -0.4 is 23.4 Å². The van der Waals surface area contributed by atoms with Crippen molar-refractivity contribution in [3.05, 3.63) is 18.0 Å². The fraction of sp³-hybridized carbons (Fsp3) is 0.400. The highest BCUT2D eigenvalue weighted by Gasteiger charge is 1.93. The maximum atomic E-state index is 8.49. The van der Waals surface area contributed by atoms with Gasteiger partial charge in [0, 0.05) is 6.92 Å². The number of aromatic nitrogens is 1. The molecule has 12 heavy (non-hydrogen) atoms. The summed E-state index contributed by atoms with van der Waals surface area (Å²) >= 11 is 0. The van der Waals surface area contributed by atoms with Gasteiger partial charge in [0.25, 0.3) is 0 Å². The van der Waals surface area contributed by atoms with Crippen LogP contribution >= 0.6 is 0 Å². The monoisotopic (exact) mass is 197 g/mol. The number of hydrogen-bond donors (Lipinski definition) is 0. The SMILES string of the molecule is Cc1cc[n+](C)o1.[O-][Cl+3]([O-])([O-])[O-]. The summed E-state index contributed by atoms with van der Waals surface area (Å²) in [6.07, 6.45) is 1.87. The van der Waals surface area contributed by atoms with E-state index in [0.29, 0.717) is 0 Å². The van der Waals surface area contributed by atoms with Crippen molar-refractivity contribution in [3.63, 3.8) is 0 Å². The predicted molar refractivity (Wildman–Crippen MR) is 24.6 cm³/mol. The van der Waals surface area contributed by atoms with Gasteiger partial charge in [0.05, 0.1) is 6.07 Å². The molecule has 0 aliphatic carbocycles. The third kappa shape index (κ3) is 9.34. The highest BCUT2D eigenvalue weighted by atomic mass is 35.7. The van der Waals surface area contributed by atoms with Crippen molar-refractivity contribution >= 4 is 0 Å². The molecule has 1 heterocycles. The van der Waals surface area contributed by atoms with E-state index in [4.69, 9.17) is 23.2 Å². The zero-order chi connectivity index (χ0) is 9.78. The molecule has 0 spiro atoms. The Bertz CT molecular complexity index is 207. The van der Waals surface area contributed by atoms with E-state index in [0.717, 1.165) is 5.76 Å². The van der Waals surface area contributed by atoms with Crippen molar-refractivity contribution in [3.8, 4) is 0 Å². The van der Waals surface area contributed by atoms with Gasteiger partial charge in [-0.2, -0.15) is 0 Å². The molecule has 1 aromatic heterocycles. The zero-order valence-corrected chi connectivity index (χ0v) is 7.28. The maximum Gasteiger partial charge on any atom is 0.219 e. The first-order valence-electron chi connectivity index (χ1n) is 2.83. The Morgan fingerprint density at radius 3 is 1.83 bits per heavy atom. The molecule has 6 nitrogen and oxygen atoms in total. The molecule has 0 fully saturated rings. The molecule has 0 atom stereocenters. The van der Waals surface area contributed by atoms with Crippen molar-refractivity contribution in [2.45, 2.75) is 6.92 Å². The highest BCUT2D eigenvalue weighted by Crippen LogP contribution is 1.86. The van der Waals surface area contributed by atoms with Gasteiger partial charge < -0.3 is 0 Å². The van der Waals surface area contributed by atoms with Crippen LogP contribution in [0.15, 0.2) is 16.8 Å². The summed E-state index contributed by atoms with van der Waals surface area (Å²) in [5.41, 5.74) is 0. The first kappa shape index (κ1) is 11.3. The van der Waals surface area contributed by atoms with Crippen LogP contribution in [0.2, 0.25) is 0 Å². The molecule has 1 rings (SSSR count). The first-order chi connectivity index (χ1) is 5.29. The second kappa shape index (κ2) is 4.39. The summed E-state index contributed by atoms with van der Waals surface area (Å²) in [5, 5.41) is 0. The number of rotatable bonds is 0. The Labute approximate surface area is 71.0 Å². The molecule has 0 bridgehead atoms. The van der Waals surface area contributed by atoms with Crippen LogP contribution in [-0.4, -0.2) is 0 Å². The second-order valence-corrected chi connectivity index (χ2v) is 2.70. The van der Waals surface area contributed by atoms with E-state index in [1.54, 1.807) is 4.74 Å². The zero-order valence-electron chi connectivity index (χ0n) is 6.52. The molecule has 0 aromatic carbocycles. The summed E-state index contributed by atoms with van der Waals surface area (Å²) < 4.78 is 40.6. The van der Waals surface area contributed by atoms with Crippen LogP contribution in [0.25, 0.3) is 0 Å². The molecule has 0 aliphatic rings. The van der Waals surface area contributed by atoms with Crippen LogP contribution in [0.1, 0.15) is 5.76 Å². The number of halogens is 1. The third-order valence-corrected chi connectivity index (χ3v) is 0.807.